The van der Waals surface area contributed by atoms with E-state index < -0.39 is 8.56 Å². The lowest BCUT2D eigenvalue weighted by Gasteiger charge is -2.21. The van der Waals surface area contributed by atoms with Gasteiger partial charge in [-0.05, 0) is 25.9 Å². The highest BCUT2D eigenvalue weighted by molar-refractivity contribution is 6.64. The van der Waals surface area contributed by atoms with Crippen molar-refractivity contribution < 1.29 is 18.3 Å². The summed E-state index contributed by atoms with van der Waals surface area (Å²) < 4.78 is 21.1. The van der Waals surface area contributed by atoms with E-state index >= 15 is 0 Å². The Morgan fingerprint density at radius 2 is 1.18 bits per heavy atom. The minimum absolute atomic E-state index is 0.778. The van der Waals surface area contributed by atoms with Crippen LogP contribution in [0, 0.1) is 0 Å². The highest BCUT2D eigenvalue weighted by Gasteiger charge is 2.23. The molecule has 4 nitrogen and oxygen atoms in total. The van der Waals surface area contributed by atoms with Gasteiger partial charge in [-0.25, -0.2) is 0 Å². The minimum Gasteiger partial charge on any atom is -0.395 e. The summed E-state index contributed by atoms with van der Waals surface area (Å²) in [5.41, 5.74) is 0. The van der Waals surface area contributed by atoms with Gasteiger partial charge >= 0.3 is 8.56 Å². The Labute approximate surface area is 107 Å². The molecule has 17 heavy (non-hydrogen) atoms. The van der Waals surface area contributed by atoms with E-state index in [-0.39, 0.29) is 0 Å². The number of ether oxygens (including phenoxy) is 2. The van der Waals surface area contributed by atoms with Crippen LogP contribution in [0.15, 0.2) is 0 Å². The molecular weight excluding hydrogens is 236 g/mol. The monoisotopic (exact) mass is 264 g/mol. The van der Waals surface area contributed by atoms with Crippen molar-refractivity contribution in [2.75, 3.05) is 39.6 Å². The molecular formula is C12H28O4Si. The van der Waals surface area contributed by atoms with Crippen molar-refractivity contribution in [2.45, 2.75) is 39.8 Å². The second kappa shape index (κ2) is 11.2. The third-order valence-corrected chi connectivity index (χ3v) is 3.85. The first-order chi connectivity index (χ1) is 8.12. The second-order valence-corrected chi connectivity index (χ2v) is 7.70. The number of rotatable bonds is 6. The fraction of sp³-hybridized carbons (Fsp3) is 1.00. The van der Waals surface area contributed by atoms with E-state index in [4.69, 9.17) is 18.3 Å². The second-order valence-electron chi connectivity index (χ2n) is 4.32. The van der Waals surface area contributed by atoms with Crippen molar-refractivity contribution in [3.63, 3.8) is 0 Å². The van der Waals surface area contributed by atoms with Crippen LogP contribution in [0.2, 0.25) is 13.1 Å². The van der Waals surface area contributed by atoms with Gasteiger partial charge in [0.1, 0.15) is 0 Å². The van der Waals surface area contributed by atoms with Gasteiger partial charge in [-0.3, -0.25) is 0 Å². The Hall–Kier alpha value is 0.0569. The Morgan fingerprint density at radius 1 is 0.824 bits per heavy atom. The summed E-state index contributed by atoms with van der Waals surface area (Å²) in [6, 6.07) is 0. The maximum Gasteiger partial charge on any atom is 0.331 e. The van der Waals surface area contributed by atoms with Crippen LogP contribution < -0.4 is 0 Å². The molecule has 1 rings (SSSR count). The van der Waals surface area contributed by atoms with E-state index in [0.29, 0.717) is 0 Å². The summed E-state index contributed by atoms with van der Waals surface area (Å²) in [6.07, 6.45) is 2.15. The molecule has 0 saturated carbocycles. The van der Waals surface area contributed by atoms with Crippen LogP contribution in [0.3, 0.4) is 0 Å². The predicted octanol–water partition coefficient (Wildman–Crippen LogP) is 2.57. The summed E-state index contributed by atoms with van der Waals surface area (Å²) >= 11 is 0. The van der Waals surface area contributed by atoms with Crippen molar-refractivity contribution in [1.82, 2.24) is 0 Å². The average Bonchev–Trinajstić information content (AvgIpc) is 2.37. The van der Waals surface area contributed by atoms with Crippen molar-refractivity contribution >= 4 is 8.56 Å². The normalized spacial score (nSPS) is 16.2. The summed E-state index contributed by atoms with van der Waals surface area (Å²) in [5.74, 6) is 0. The molecule has 0 amide bonds. The number of hydrogen-bond donors (Lipinski definition) is 0. The van der Waals surface area contributed by atoms with Crippen molar-refractivity contribution in [2.24, 2.45) is 0 Å². The zero-order valence-corrected chi connectivity index (χ0v) is 12.8. The zero-order chi connectivity index (χ0) is 13.0. The van der Waals surface area contributed by atoms with Crippen molar-refractivity contribution in [3.05, 3.63) is 0 Å². The van der Waals surface area contributed by atoms with E-state index in [0.717, 1.165) is 52.5 Å². The van der Waals surface area contributed by atoms with Crippen LogP contribution in [-0.4, -0.2) is 48.2 Å². The van der Waals surface area contributed by atoms with Crippen LogP contribution >= 0.6 is 0 Å². The Kier molecular flexibility index (Phi) is 11.2. The van der Waals surface area contributed by atoms with Gasteiger partial charge in [0.05, 0.1) is 26.4 Å². The molecule has 0 bridgehead atoms. The molecule has 0 aromatic heterocycles. The molecule has 0 N–H and O–H groups in total. The van der Waals surface area contributed by atoms with Crippen LogP contribution in [0.25, 0.3) is 0 Å². The third-order valence-electron chi connectivity index (χ3n) is 2.05. The quantitative estimate of drug-likeness (QED) is 0.691. The average molecular weight is 264 g/mol. The van der Waals surface area contributed by atoms with E-state index in [1.807, 2.05) is 0 Å². The lowest BCUT2D eigenvalue weighted by molar-refractivity contribution is -0.0334. The van der Waals surface area contributed by atoms with Gasteiger partial charge in [0.25, 0.3) is 0 Å². The first-order valence-corrected chi connectivity index (χ1v) is 9.37. The van der Waals surface area contributed by atoms with Gasteiger partial charge in [0, 0.05) is 13.2 Å². The van der Waals surface area contributed by atoms with Gasteiger partial charge in [-0.1, -0.05) is 13.8 Å². The molecule has 1 saturated heterocycles. The van der Waals surface area contributed by atoms with E-state index in [2.05, 4.69) is 26.9 Å². The summed E-state index contributed by atoms with van der Waals surface area (Å²) in [4.78, 5) is 0. The summed E-state index contributed by atoms with van der Waals surface area (Å²) in [6.45, 7) is 13.2. The van der Waals surface area contributed by atoms with Crippen LogP contribution in [0.1, 0.15) is 26.7 Å². The molecule has 1 heterocycles. The first kappa shape index (κ1) is 17.1. The lowest BCUT2D eigenvalue weighted by Crippen LogP contribution is -2.35. The highest BCUT2D eigenvalue weighted by atomic mass is 28.4. The third kappa shape index (κ3) is 12.3. The van der Waals surface area contributed by atoms with Gasteiger partial charge in [0.2, 0.25) is 0 Å². The van der Waals surface area contributed by atoms with Crippen molar-refractivity contribution in [3.8, 4) is 0 Å². The number of hydrogen-bond acceptors (Lipinski definition) is 4. The van der Waals surface area contributed by atoms with Crippen LogP contribution in [-0.2, 0) is 18.3 Å². The molecule has 5 heteroatoms. The van der Waals surface area contributed by atoms with Gasteiger partial charge < -0.3 is 18.3 Å². The zero-order valence-electron chi connectivity index (χ0n) is 11.8. The van der Waals surface area contributed by atoms with Gasteiger partial charge in [0.15, 0.2) is 0 Å². The smallest absolute Gasteiger partial charge is 0.331 e. The molecule has 104 valence electrons. The molecule has 0 aromatic rings. The molecule has 0 aromatic carbocycles. The lowest BCUT2D eigenvalue weighted by atomic mass is 10.5. The molecule has 1 aliphatic rings. The molecule has 0 aliphatic carbocycles. The maximum absolute atomic E-state index is 5.60. The maximum atomic E-state index is 5.60. The highest BCUT2D eigenvalue weighted by Crippen LogP contribution is 2.06. The van der Waals surface area contributed by atoms with E-state index in [1.165, 1.54) is 0 Å². The van der Waals surface area contributed by atoms with Crippen LogP contribution in [0.5, 0.6) is 0 Å². The predicted molar refractivity (Wildman–Crippen MR) is 71.6 cm³/mol. The van der Waals surface area contributed by atoms with Crippen LogP contribution in [0.4, 0.5) is 0 Å². The largest absolute Gasteiger partial charge is 0.395 e. The van der Waals surface area contributed by atoms with E-state index in [1.54, 1.807) is 0 Å². The molecule has 1 fully saturated rings. The SMILES string of the molecule is C1COCCO1.CCCO[Si](C)(C)OCCC. The molecule has 1 aliphatic heterocycles. The summed E-state index contributed by atoms with van der Waals surface area (Å²) in [5, 5.41) is 0. The Bertz CT molecular complexity index is 139. The summed E-state index contributed by atoms with van der Waals surface area (Å²) in [7, 11) is -1.75. The standard InChI is InChI=1S/C8H20O2Si.C4H8O2/c1-5-7-9-11(3,4)10-8-6-2;1-2-6-4-3-5-1/h5-8H2,1-4H3;1-4H2. The molecule has 0 atom stereocenters. The Morgan fingerprint density at radius 3 is 1.41 bits per heavy atom. The minimum atomic E-state index is -1.75. The fourth-order valence-corrected chi connectivity index (χ4v) is 2.65. The van der Waals surface area contributed by atoms with Crippen molar-refractivity contribution in [1.29, 1.82) is 0 Å². The van der Waals surface area contributed by atoms with Gasteiger partial charge in [-0.15, -0.1) is 0 Å². The van der Waals surface area contributed by atoms with Gasteiger partial charge in [-0.2, -0.15) is 0 Å². The topological polar surface area (TPSA) is 36.9 Å². The molecule has 0 unspecified atom stereocenters. The molecule has 0 radical (unpaired) electrons. The van der Waals surface area contributed by atoms with E-state index in [9.17, 15) is 0 Å². The Balaban J connectivity index is 0.000000354. The molecule has 0 spiro atoms. The first-order valence-electron chi connectivity index (χ1n) is 6.55. The fourth-order valence-electron chi connectivity index (χ4n) is 1.18.